The fraction of sp³-hybridized carbons (Fsp3) is 0.889. The van der Waals surface area contributed by atoms with Gasteiger partial charge in [-0.2, -0.15) is 0 Å². The first-order valence-corrected chi connectivity index (χ1v) is 11.9. The third-order valence-electron chi connectivity index (χ3n) is 4.93. The summed E-state index contributed by atoms with van der Waals surface area (Å²) in [5.41, 5.74) is 0. The largest absolute Gasteiger partial charge is 0.359 e. The summed E-state index contributed by atoms with van der Waals surface area (Å²) in [6, 6.07) is 0. The molecule has 160 valence electrons. The average molecular weight is 409 g/mol. The Kier molecular flexibility index (Phi) is 10.0. The van der Waals surface area contributed by atoms with Crippen LogP contribution in [0.3, 0.4) is 0 Å². The standard InChI is InChI=1S/C18H36O8Si/c1-10-13-14(22-11-19-5)15(23-12-20-6)16(17(21-7)24-13)25-26-27(8,9)18(2,3)4/h10,13-17H,1,11-12H2,2-9H3/t13-,14+,15+,16-,17-/m1/s1. The SMILES string of the molecule is C=C[C@H]1O[C@@H](OC)[C@H](OO[Si](C)(C)C(C)(C)C)[C@@H](OCOC)[C@H]1OCOC. The number of rotatable bonds is 11. The van der Waals surface area contributed by atoms with Crippen molar-refractivity contribution in [2.24, 2.45) is 0 Å². The Bertz CT molecular complexity index is 440. The van der Waals surface area contributed by atoms with Gasteiger partial charge in [-0.05, 0) is 18.1 Å². The Morgan fingerprint density at radius 3 is 1.96 bits per heavy atom. The first kappa shape index (κ1) is 24.7. The van der Waals surface area contributed by atoms with E-state index in [-0.39, 0.29) is 18.6 Å². The molecule has 1 rings (SSSR count). The lowest BCUT2D eigenvalue weighted by Gasteiger charge is -2.45. The van der Waals surface area contributed by atoms with E-state index in [1.165, 1.54) is 7.11 Å². The Morgan fingerprint density at radius 1 is 0.963 bits per heavy atom. The van der Waals surface area contributed by atoms with Gasteiger partial charge in [-0.25, -0.2) is 4.89 Å². The van der Waals surface area contributed by atoms with Gasteiger partial charge in [-0.15, -0.1) is 6.58 Å². The van der Waals surface area contributed by atoms with Crippen molar-refractivity contribution in [3.8, 4) is 0 Å². The lowest BCUT2D eigenvalue weighted by molar-refractivity contribution is -0.382. The van der Waals surface area contributed by atoms with Gasteiger partial charge in [0.2, 0.25) is 8.32 Å². The summed E-state index contributed by atoms with van der Waals surface area (Å²) >= 11 is 0. The Balaban J connectivity index is 3.06. The Morgan fingerprint density at radius 2 is 1.52 bits per heavy atom. The third kappa shape index (κ3) is 6.59. The molecule has 0 aromatic carbocycles. The van der Waals surface area contributed by atoms with Crippen LogP contribution in [0.1, 0.15) is 20.8 Å². The molecule has 1 saturated heterocycles. The molecule has 8 nitrogen and oxygen atoms in total. The molecule has 0 unspecified atom stereocenters. The summed E-state index contributed by atoms with van der Waals surface area (Å²) in [5.74, 6) is 0. The zero-order valence-corrected chi connectivity index (χ0v) is 18.9. The molecule has 0 bridgehead atoms. The summed E-state index contributed by atoms with van der Waals surface area (Å²) in [7, 11) is 2.46. The smallest absolute Gasteiger partial charge is 0.238 e. The van der Waals surface area contributed by atoms with Crippen LogP contribution in [0.25, 0.3) is 0 Å². The van der Waals surface area contributed by atoms with Gasteiger partial charge < -0.3 is 28.4 Å². The van der Waals surface area contributed by atoms with Crippen LogP contribution in [0.15, 0.2) is 12.7 Å². The van der Waals surface area contributed by atoms with Crippen LogP contribution < -0.4 is 0 Å². The molecule has 1 aliphatic heterocycles. The third-order valence-corrected chi connectivity index (χ3v) is 9.05. The van der Waals surface area contributed by atoms with Crippen molar-refractivity contribution in [2.45, 2.75) is 69.6 Å². The average Bonchev–Trinajstić information content (AvgIpc) is 2.61. The maximum absolute atomic E-state index is 5.94. The lowest BCUT2D eigenvalue weighted by atomic mass is 9.98. The van der Waals surface area contributed by atoms with Gasteiger partial charge in [0.05, 0.1) is 0 Å². The monoisotopic (exact) mass is 408 g/mol. The van der Waals surface area contributed by atoms with Crippen LogP contribution in [-0.4, -0.2) is 73.9 Å². The molecule has 0 radical (unpaired) electrons. The highest BCUT2D eigenvalue weighted by atomic mass is 28.4. The molecule has 0 N–H and O–H groups in total. The molecule has 1 aliphatic rings. The highest BCUT2D eigenvalue weighted by Gasteiger charge is 2.50. The van der Waals surface area contributed by atoms with Crippen molar-refractivity contribution in [2.75, 3.05) is 34.9 Å². The Hall–Kier alpha value is -0.363. The van der Waals surface area contributed by atoms with Crippen molar-refractivity contribution < 1.29 is 37.9 Å². The maximum Gasteiger partial charge on any atom is 0.238 e. The van der Waals surface area contributed by atoms with E-state index in [0.717, 1.165) is 0 Å². The van der Waals surface area contributed by atoms with E-state index >= 15 is 0 Å². The molecular formula is C18H36O8Si. The molecule has 0 amide bonds. The molecule has 27 heavy (non-hydrogen) atoms. The number of hydrogen-bond donors (Lipinski definition) is 0. The van der Waals surface area contributed by atoms with Gasteiger partial charge in [0.25, 0.3) is 0 Å². The topological polar surface area (TPSA) is 73.8 Å². The number of methoxy groups -OCH3 is 3. The van der Waals surface area contributed by atoms with E-state index in [9.17, 15) is 0 Å². The predicted octanol–water partition coefficient (Wildman–Crippen LogP) is 2.84. The molecular weight excluding hydrogens is 372 g/mol. The molecule has 5 atom stereocenters. The molecule has 0 aromatic heterocycles. The van der Waals surface area contributed by atoms with Crippen molar-refractivity contribution in [3.05, 3.63) is 12.7 Å². The minimum absolute atomic E-state index is 0.0242. The highest BCUT2D eigenvalue weighted by molar-refractivity contribution is 6.73. The maximum atomic E-state index is 5.94. The quantitative estimate of drug-likeness (QED) is 0.170. The molecule has 0 aliphatic carbocycles. The molecule has 0 aromatic rings. The second-order valence-corrected chi connectivity index (χ2v) is 12.6. The van der Waals surface area contributed by atoms with E-state index in [1.807, 2.05) is 0 Å². The van der Waals surface area contributed by atoms with E-state index in [0.29, 0.717) is 0 Å². The van der Waals surface area contributed by atoms with Gasteiger partial charge in [-0.1, -0.05) is 26.8 Å². The van der Waals surface area contributed by atoms with Crippen LogP contribution in [0, 0.1) is 0 Å². The zero-order chi connectivity index (χ0) is 20.7. The van der Waals surface area contributed by atoms with E-state index in [2.05, 4.69) is 40.4 Å². The molecule has 9 heteroatoms. The molecule has 0 spiro atoms. The molecule has 1 heterocycles. The van der Waals surface area contributed by atoms with Gasteiger partial charge in [0.15, 0.2) is 12.4 Å². The van der Waals surface area contributed by atoms with Gasteiger partial charge in [0.1, 0.15) is 31.9 Å². The fourth-order valence-electron chi connectivity index (χ4n) is 2.29. The summed E-state index contributed by atoms with van der Waals surface area (Å²) in [4.78, 5) is 5.87. The van der Waals surface area contributed by atoms with Crippen molar-refractivity contribution >= 4 is 8.32 Å². The predicted molar refractivity (Wildman–Crippen MR) is 103 cm³/mol. The second kappa shape index (κ2) is 11.0. The van der Waals surface area contributed by atoms with Gasteiger partial charge in [-0.3, -0.25) is 4.58 Å². The van der Waals surface area contributed by atoms with Crippen LogP contribution in [0.5, 0.6) is 0 Å². The summed E-state index contributed by atoms with van der Waals surface area (Å²) < 4.78 is 39.1. The van der Waals surface area contributed by atoms with Crippen molar-refractivity contribution in [1.82, 2.24) is 0 Å². The van der Waals surface area contributed by atoms with Crippen molar-refractivity contribution in [1.29, 1.82) is 0 Å². The molecule has 1 fully saturated rings. The highest BCUT2D eigenvalue weighted by Crippen LogP contribution is 2.38. The van der Waals surface area contributed by atoms with Crippen LogP contribution in [0.4, 0.5) is 0 Å². The summed E-state index contributed by atoms with van der Waals surface area (Å²) in [5, 5.41) is -0.0242. The van der Waals surface area contributed by atoms with E-state index in [4.69, 9.17) is 37.9 Å². The lowest BCUT2D eigenvalue weighted by Crippen LogP contribution is -2.61. The number of ether oxygens (including phenoxy) is 6. The summed E-state index contributed by atoms with van der Waals surface area (Å²) in [6.07, 6.45) is -1.34. The normalized spacial score (nSPS) is 29.7. The first-order chi connectivity index (χ1) is 12.6. The van der Waals surface area contributed by atoms with E-state index < -0.39 is 39.0 Å². The second-order valence-electron chi connectivity index (χ2n) is 7.92. The zero-order valence-electron chi connectivity index (χ0n) is 17.9. The number of hydrogen-bond acceptors (Lipinski definition) is 8. The molecule has 0 saturated carbocycles. The minimum Gasteiger partial charge on any atom is -0.359 e. The van der Waals surface area contributed by atoms with Gasteiger partial charge in [0, 0.05) is 21.3 Å². The minimum atomic E-state index is -2.17. The van der Waals surface area contributed by atoms with Crippen LogP contribution in [0.2, 0.25) is 18.1 Å². The van der Waals surface area contributed by atoms with E-state index in [1.54, 1.807) is 20.3 Å². The van der Waals surface area contributed by atoms with Crippen LogP contribution >= 0.6 is 0 Å². The van der Waals surface area contributed by atoms with Gasteiger partial charge >= 0.3 is 0 Å². The fourth-order valence-corrected chi connectivity index (χ4v) is 2.89. The Labute approximate surface area is 164 Å². The van der Waals surface area contributed by atoms with Crippen molar-refractivity contribution in [3.63, 3.8) is 0 Å². The first-order valence-electron chi connectivity index (χ1n) is 8.99. The van der Waals surface area contributed by atoms with Crippen LogP contribution in [-0.2, 0) is 37.9 Å². The summed E-state index contributed by atoms with van der Waals surface area (Å²) in [6.45, 7) is 14.5.